The fraction of sp³-hybridized carbons (Fsp3) is 0.350. The Balaban J connectivity index is 1.42. The van der Waals surface area contributed by atoms with E-state index in [1.54, 1.807) is 0 Å². The van der Waals surface area contributed by atoms with Gasteiger partial charge in [0.25, 0.3) is 6.01 Å². The Morgan fingerprint density at radius 1 is 1.04 bits per heavy atom. The quantitative estimate of drug-likeness (QED) is 0.727. The van der Waals surface area contributed by atoms with E-state index < -0.39 is 0 Å². The molecule has 4 rings (SSSR count). The molecule has 0 aliphatic carbocycles. The number of rotatable bonds is 3. The number of carbonyl (C=O) groups is 1. The molecule has 6 heteroatoms. The van der Waals surface area contributed by atoms with E-state index in [9.17, 15) is 4.79 Å². The average molecular weight is 350 g/mol. The van der Waals surface area contributed by atoms with Gasteiger partial charge in [0, 0.05) is 31.9 Å². The lowest BCUT2D eigenvalue weighted by Crippen LogP contribution is -2.50. The maximum Gasteiger partial charge on any atom is 0.300 e. The summed E-state index contributed by atoms with van der Waals surface area (Å²) in [6.45, 7) is 6.66. The van der Waals surface area contributed by atoms with Gasteiger partial charge >= 0.3 is 0 Å². The second kappa shape index (κ2) is 6.78. The van der Waals surface area contributed by atoms with E-state index in [1.807, 2.05) is 61.2 Å². The van der Waals surface area contributed by atoms with Gasteiger partial charge in [0.15, 0.2) is 5.58 Å². The van der Waals surface area contributed by atoms with Crippen LogP contribution in [0.25, 0.3) is 11.2 Å². The molecule has 0 N–H and O–H groups in total. The van der Waals surface area contributed by atoms with Crippen molar-refractivity contribution >= 4 is 23.2 Å². The van der Waals surface area contributed by atoms with Crippen molar-refractivity contribution in [2.24, 2.45) is 0 Å². The summed E-state index contributed by atoms with van der Waals surface area (Å²) in [5.41, 5.74) is 3.31. The molecule has 0 radical (unpaired) electrons. The molecule has 1 aromatic carbocycles. The summed E-state index contributed by atoms with van der Waals surface area (Å²) in [7, 11) is 0. The number of amides is 1. The Morgan fingerprint density at radius 2 is 1.77 bits per heavy atom. The number of aryl methyl sites for hydroxylation is 1. The molecule has 26 heavy (non-hydrogen) atoms. The smallest absolute Gasteiger partial charge is 0.300 e. The number of benzene rings is 1. The molecule has 1 saturated heterocycles. The molecular weight excluding hydrogens is 328 g/mol. The second-order valence-electron chi connectivity index (χ2n) is 6.72. The molecule has 0 unspecified atom stereocenters. The summed E-state index contributed by atoms with van der Waals surface area (Å²) in [5.74, 6) is 0.0463. The number of aromatic nitrogens is 2. The van der Waals surface area contributed by atoms with Crippen LogP contribution in [0.3, 0.4) is 0 Å². The minimum Gasteiger partial charge on any atom is -0.422 e. The molecule has 0 saturated carbocycles. The van der Waals surface area contributed by atoms with E-state index in [4.69, 9.17) is 4.42 Å². The molecular formula is C20H22N4O2. The largest absolute Gasteiger partial charge is 0.422 e. The van der Waals surface area contributed by atoms with E-state index in [-0.39, 0.29) is 11.8 Å². The fourth-order valence-corrected chi connectivity index (χ4v) is 3.31. The Bertz CT molecular complexity index is 914. The van der Waals surface area contributed by atoms with Crippen molar-refractivity contribution in [1.82, 2.24) is 14.9 Å². The van der Waals surface area contributed by atoms with Crippen molar-refractivity contribution in [3.05, 3.63) is 53.7 Å². The lowest BCUT2D eigenvalue weighted by Gasteiger charge is -2.35. The summed E-state index contributed by atoms with van der Waals surface area (Å²) < 4.78 is 5.82. The Hall–Kier alpha value is -2.89. The van der Waals surface area contributed by atoms with E-state index >= 15 is 0 Å². The third kappa shape index (κ3) is 3.14. The van der Waals surface area contributed by atoms with Crippen LogP contribution in [0.5, 0.6) is 0 Å². The molecule has 1 amide bonds. The molecule has 3 aromatic rings. The van der Waals surface area contributed by atoms with Gasteiger partial charge in [0.1, 0.15) is 0 Å². The Morgan fingerprint density at radius 3 is 2.50 bits per heavy atom. The van der Waals surface area contributed by atoms with Crippen LogP contribution in [0.4, 0.5) is 6.01 Å². The van der Waals surface area contributed by atoms with Gasteiger partial charge in [0.2, 0.25) is 11.6 Å². The highest BCUT2D eigenvalue weighted by molar-refractivity contribution is 5.83. The van der Waals surface area contributed by atoms with Crippen LogP contribution in [0.15, 0.2) is 46.9 Å². The highest BCUT2D eigenvalue weighted by atomic mass is 16.4. The van der Waals surface area contributed by atoms with Gasteiger partial charge in [-0.05, 0) is 31.5 Å². The van der Waals surface area contributed by atoms with Gasteiger partial charge in [-0.15, -0.1) is 0 Å². The lowest BCUT2D eigenvalue weighted by molar-refractivity contribution is -0.132. The maximum absolute atomic E-state index is 12.8. The first-order chi connectivity index (χ1) is 12.6. The van der Waals surface area contributed by atoms with Crippen LogP contribution in [0.2, 0.25) is 0 Å². The van der Waals surface area contributed by atoms with Crippen LogP contribution < -0.4 is 4.90 Å². The van der Waals surface area contributed by atoms with Crippen LogP contribution in [0, 0.1) is 6.92 Å². The predicted molar refractivity (Wildman–Crippen MR) is 100 cm³/mol. The van der Waals surface area contributed by atoms with Crippen LogP contribution in [-0.4, -0.2) is 47.0 Å². The number of piperazine rings is 1. The predicted octanol–water partition coefficient (Wildman–Crippen LogP) is 2.98. The normalized spacial score (nSPS) is 16.1. The zero-order chi connectivity index (χ0) is 18.1. The third-order valence-corrected chi connectivity index (χ3v) is 4.91. The zero-order valence-corrected chi connectivity index (χ0v) is 15.1. The molecule has 0 spiro atoms. The zero-order valence-electron chi connectivity index (χ0n) is 15.1. The van der Waals surface area contributed by atoms with Crippen LogP contribution >= 0.6 is 0 Å². The summed E-state index contributed by atoms with van der Waals surface area (Å²) in [4.78, 5) is 25.7. The summed E-state index contributed by atoms with van der Waals surface area (Å²) in [5, 5.41) is 0. The van der Waals surface area contributed by atoms with Gasteiger partial charge in [-0.3, -0.25) is 4.79 Å². The third-order valence-electron chi connectivity index (χ3n) is 4.91. The fourth-order valence-electron chi connectivity index (χ4n) is 3.31. The number of oxazole rings is 1. The summed E-state index contributed by atoms with van der Waals surface area (Å²) in [6.07, 6.45) is 0. The second-order valence-corrected chi connectivity index (χ2v) is 6.72. The molecule has 1 aliphatic rings. The monoisotopic (exact) mass is 350 g/mol. The van der Waals surface area contributed by atoms with Crippen molar-refractivity contribution in [2.75, 3.05) is 31.1 Å². The van der Waals surface area contributed by atoms with Gasteiger partial charge in [-0.1, -0.05) is 30.3 Å². The molecule has 1 atom stereocenters. The number of nitrogens with zero attached hydrogens (tertiary/aromatic N) is 4. The first-order valence-corrected chi connectivity index (χ1v) is 8.94. The van der Waals surface area contributed by atoms with Crippen molar-refractivity contribution in [1.29, 1.82) is 0 Å². The molecule has 6 nitrogen and oxygen atoms in total. The van der Waals surface area contributed by atoms with Gasteiger partial charge in [-0.2, -0.15) is 4.98 Å². The number of anilines is 1. The molecule has 2 aromatic heterocycles. The van der Waals surface area contributed by atoms with E-state index in [0.717, 1.165) is 11.3 Å². The number of carbonyl (C=O) groups excluding carboxylic acids is 1. The minimum absolute atomic E-state index is 0.126. The highest BCUT2D eigenvalue weighted by Gasteiger charge is 2.27. The Labute approximate surface area is 152 Å². The molecule has 134 valence electrons. The van der Waals surface area contributed by atoms with Gasteiger partial charge in [-0.25, -0.2) is 4.98 Å². The van der Waals surface area contributed by atoms with Crippen molar-refractivity contribution < 1.29 is 9.21 Å². The van der Waals surface area contributed by atoms with Crippen LogP contribution in [-0.2, 0) is 4.79 Å². The molecule has 3 heterocycles. The topological polar surface area (TPSA) is 62.5 Å². The summed E-state index contributed by atoms with van der Waals surface area (Å²) >= 11 is 0. The molecule has 0 bridgehead atoms. The lowest BCUT2D eigenvalue weighted by atomic mass is 9.99. The van der Waals surface area contributed by atoms with Crippen LogP contribution in [0.1, 0.15) is 24.1 Å². The Kier molecular flexibility index (Phi) is 4.32. The SMILES string of the molecule is Cc1ccc2oc(N3CCN(C(=O)[C@H](C)c4ccccc4)CC3)nc2n1. The maximum atomic E-state index is 12.8. The molecule has 1 aliphatic heterocycles. The average Bonchev–Trinajstić information content (AvgIpc) is 3.11. The van der Waals surface area contributed by atoms with Gasteiger partial charge in [0.05, 0.1) is 5.92 Å². The van der Waals surface area contributed by atoms with E-state index in [0.29, 0.717) is 43.4 Å². The van der Waals surface area contributed by atoms with E-state index in [2.05, 4.69) is 14.9 Å². The van der Waals surface area contributed by atoms with Crippen molar-refractivity contribution in [2.45, 2.75) is 19.8 Å². The first kappa shape index (κ1) is 16.6. The number of pyridine rings is 1. The minimum atomic E-state index is -0.126. The van der Waals surface area contributed by atoms with Crippen molar-refractivity contribution in [3.63, 3.8) is 0 Å². The highest BCUT2D eigenvalue weighted by Crippen LogP contribution is 2.23. The standard InChI is InChI=1S/C20H22N4O2/c1-14-8-9-17-18(21-14)22-20(26-17)24-12-10-23(11-13-24)19(25)15(2)16-6-4-3-5-7-16/h3-9,15H,10-13H2,1-2H3/t15-/m1/s1. The number of fused-ring (bicyclic) bond motifs is 1. The van der Waals surface area contributed by atoms with Gasteiger partial charge < -0.3 is 14.2 Å². The van der Waals surface area contributed by atoms with Crippen molar-refractivity contribution in [3.8, 4) is 0 Å². The number of hydrogen-bond donors (Lipinski definition) is 0. The number of hydrogen-bond acceptors (Lipinski definition) is 5. The summed E-state index contributed by atoms with van der Waals surface area (Å²) in [6, 6.07) is 14.3. The first-order valence-electron chi connectivity index (χ1n) is 8.94. The molecule has 1 fully saturated rings. The van der Waals surface area contributed by atoms with E-state index in [1.165, 1.54) is 0 Å².